The molecule has 2 heterocycles. The molecule has 1 aromatic rings. The maximum Gasteiger partial charge on any atom is 0.325 e. The molecule has 170 valence electrons. The quantitative estimate of drug-likeness (QED) is 0.467. The number of aliphatic hydroxyl groups is 1. The molecule has 0 aliphatic carbocycles. The van der Waals surface area contributed by atoms with Crippen molar-refractivity contribution >= 4 is 17.9 Å². The summed E-state index contributed by atoms with van der Waals surface area (Å²) in [6.07, 6.45) is 1.64. The van der Waals surface area contributed by atoms with E-state index in [9.17, 15) is 14.7 Å². The molecule has 10 nitrogen and oxygen atoms in total. The number of unbranched alkanes of at least 4 members (excludes halogenated alkanes) is 2. The zero-order chi connectivity index (χ0) is 22.4. The molecule has 3 atom stereocenters. The number of aliphatic hydroxyl groups excluding tert-OH is 1. The maximum atomic E-state index is 12.6. The molecular formula is C21H31N5O5. The van der Waals surface area contributed by atoms with Gasteiger partial charge in [-0.25, -0.2) is 4.79 Å². The molecule has 0 aromatic heterocycles. The normalized spacial score (nSPS) is 22.8. The standard InChI is InChI=1S/C21H31N5O5/c1-4-5-6-11-22-20-23-18-17(19(28)24-21(29)25(18)2)26(20)12-14(27)13-31-16-9-7-15(30-3)8-10-16/h7-10,14,17-18,27H,4-6,11-13H2,1-3H3,(H,22,23)(H,24,28,29). The Morgan fingerprint density at radius 1 is 1.19 bits per heavy atom. The summed E-state index contributed by atoms with van der Waals surface area (Å²) in [4.78, 5) is 32.3. The zero-order valence-electron chi connectivity index (χ0n) is 18.2. The monoisotopic (exact) mass is 433 g/mol. The highest BCUT2D eigenvalue weighted by Crippen LogP contribution is 2.22. The van der Waals surface area contributed by atoms with Crippen molar-refractivity contribution in [2.24, 2.45) is 4.99 Å². The molecule has 3 N–H and O–H groups in total. The number of fused-ring (bicyclic) bond motifs is 1. The number of aliphatic imine (C=N–C) groups is 1. The van der Waals surface area contributed by atoms with E-state index in [0.717, 1.165) is 19.3 Å². The van der Waals surface area contributed by atoms with Gasteiger partial charge in [-0.1, -0.05) is 19.8 Å². The summed E-state index contributed by atoms with van der Waals surface area (Å²) >= 11 is 0. The van der Waals surface area contributed by atoms with Crippen LogP contribution < -0.4 is 20.1 Å². The highest BCUT2D eigenvalue weighted by molar-refractivity contribution is 6.04. The van der Waals surface area contributed by atoms with E-state index in [1.807, 2.05) is 0 Å². The third-order valence-corrected chi connectivity index (χ3v) is 5.35. The Balaban J connectivity index is 1.67. The third kappa shape index (κ3) is 5.38. The summed E-state index contributed by atoms with van der Waals surface area (Å²) < 4.78 is 10.8. The van der Waals surface area contributed by atoms with Crippen molar-refractivity contribution in [3.05, 3.63) is 24.3 Å². The van der Waals surface area contributed by atoms with E-state index in [0.29, 0.717) is 24.0 Å². The predicted octanol–water partition coefficient (Wildman–Crippen LogP) is 0.763. The van der Waals surface area contributed by atoms with Crippen LogP contribution in [0.25, 0.3) is 0 Å². The van der Waals surface area contributed by atoms with Crippen molar-refractivity contribution in [3.8, 4) is 11.5 Å². The summed E-state index contributed by atoms with van der Waals surface area (Å²) in [5.74, 6) is 1.41. The van der Waals surface area contributed by atoms with Crippen LogP contribution in [0.3, 0.4) is 0 Å². The smallest absolute Gasteiger partial charge is 0.325 e. The molecule has 0 spiro atoms. The van der Waals surface area contributed by atoms with Crippen LogP contribution in [-0.2, 0) is 4.79 Å². The fourth-order valence-electron chi connectivity index (χ4n) is 3.61. The minimum absolute atomic E-state index is 0.0414. The number of imide groups is 1. The largest absolute Gasteiger partial charge is 0.497 e. The van der Waals surface area contributed by atoms with Gasteiger partial charge in [-0.3, -0.25) is 15.1 Å². The second kappa shape index (κ2) is 10.3. The van der Waals surface area contributed by atoms with E-state index in [1.165, 1.54) is 4.90 Å². The Bertz CT molecular complexity index is 800. The number of ether oxygens (including phenoxy) is 2. The lowest BCUT2D eigenvalue weighted by Crippen LogP contribution is -2.65. The fourth-order valence-corrected chi connectivity index (χ4v) is 3.61. The number of nitrogens with zero attached hydrogens (tertiary/aromatic N) is 3. The molecule has 3 amide bonds. The first-order valence-electron chi connectivity index (χ1n) is 10.5. The lowest BCUT2D eigenvalue weighted by Gasteiger charge is -2.35. The number of β-amino-alcohol motifs (C(OH)–C–C–N with tert-alkyl or cyclic N) is 1. The number of likely N-dealkylation sites (N-methyl/N-ethyl adjacent to an activating group) is 1. The molecule has 0 bridgehead atoms. The van der Waals surface area contributed by atoms with Crippen molar-refractivity contribution < 1.29 is 24.2 Å². The molecule has 10 heteroatoms. The summed E-state index contributed by atoms with van der Waals surface area (Å²) in [7, 11) is 3.21. The van der Waals surface area contributed by atoms with Crippen molar-refractivity contribution in [1.82, 2.24) is 20.4 Å². The van der Waals surface area contributed by atoms with Gasteiger partial charge < -0.3 is 29.7 Å². The molecule has 3 rings (SSSR count). The van der Waals surface area contributed by atoms with Crippen molar-refractivity contribution in [2.75, 3.05) is 33.9 Å². The zero-order valence-corrected chi connectivity index (χ0v) is 18.2. The van der Waals surface area contributed by atoms with E-state index < -0.39 is 30.2 Å². The Kier molecular flexibility index (Phi) is 7.56. The maximum absolute atomic E-state index is 12.6. The third-order valence-electron chi connectivity index (χ3n) is 5.35. The number of methoxy groups -OCH3 is 1. The summed E-state index contributed by atoms with van der Waals surface area (Å²) in [6.45, 7) is 2.89. The molecule has 1 aromatic carbocycles. The van der Waals surface area contributed by atoms with Crippen LogP contribution >= 0.6 is 0 Å². The van der Waals surface area contributed by atoms with Gasteiger partial charge in [0.15, 0.2) is 12.0 Å². The molecule has 0 saturated carbocycles. The molecule has 2 saturated heterocycles. The molecule has 2 aliphatic rings. The van der Waals surface area contributed by atoms with Gasteiger partial charge in [0.1, 0.15) is 30.4 Å². The fraction of sp³-hybridized carbons (Fsp3) is 0.571. The first kappa shape index (κ1) is 22.7. The summed E-state index contributed by atoms with van der Waals surface area (Å²) in [5.41, 5.74) is 0. The van der Waals surface area contributed by atoms with Gasteiger partial charge >= 0.3 is 6.03 Å². The van der Waals surface area contributed by atoms with Gasteiger partial charge in [-0.2, -0.15) is 0 Å². The molecule has 3 unspecified atom stereocenters. The first-order chi connectivity index (χ1) is 14.9. The number of guanidine groups is 1. The Morgan fingerprint density at radius 2 is 1.90 bits per heavy atom. The van der Waals surface area contributed by atoms with Crippen molar-refractivity contribution in [3.63, 3.8) is 0 Å². The number of urea groups is 1. The van der Waals surface area contributed by atoms with Crippen LogP contribution in [0.15, 0.2) is 29.3 Å². The van der Waals surface area contributed by atoms with Crippen LogP contribution in [0.5, 0.6) is 11.5 Å². The number of amides is 3. The van der Waals surface area contributed by atoms with Crippen LogP contribution in [0, 0.1) is 0 Å². The Labute approximate surface area is 182 Å². The Morgan fingerprint density at radius 3 is 2.58 bits per heavy atom. The van der Waals surface area contributed by atoms with Gasteiger partial charge in [-0.05, 0) is 30.7 Å². The van der Waals surface area contributed by atoms with Crippen LogP contribution in [0.2, 0.25) is 0 Å². The number of rotatable bonds is 10. The number of nitrogens with one attached hydrogen (secondary N) is 2. The SMILES string of the molecule is CCCCCN=C1NC2C(C(=O)NC(=O)N2C)N1CC(O)COc1ccc(OC)cc1. The molecular weight excluding hydrogens is 402 g/mol. The minimum atomic E-state index is -0.876. The second-order valence-electron chi connectivity index (χ2n) is 7.64. The van der Waals surface area contributed by atoms with Gasteiger partial charge in [0.2, 0.25) is 0 Å². The van der Waals surface area contributed by atoms with Crippen LogP contribution in [0.1, 0.15) is 26.2 Å². The van der Waals surface area contributed by atoms with E-state index in [-0.39, 0.29) is 13.2 Å². The van der Waals surface area contributed by atoms with Crippen molar-refractivity contribution in [2.45, 2.75) is 44.5 Å². The van der Waals surface area contributed by atoms with E-state index in [1.54, 1.807) is 43.3 Å². The topological polar surface area (TPSA) is 116 Å². The Hall–Kier alpha value is -3.01. The lowest BCUT2D eigenvalue weighted by molar-refractivity contribution is -0.127. The average molecular weight is 434 g/mol. The highest BCUT2D eigenvalue weighted by atomic mass is 16.5. The molecule has 31 heavy (non-hydrogen) atoms. The van der Waals surface area contributed by atoms with Gasteiger partial charge in [0.05, 0.1) is 13.7 Å². The molecule has 2 aliphatic heterocycles. The van der Waals surface area contributed by atoms with Gasteiger partial charge in [0, 0.05) is 13.6 Å². The van der Waals surface area contributed by atoms with Gasteiger partial charge in [-0.15, -0.1) is 0 Å². The van der Waals surface area contributed by atoms with E-state index >= 15 is 0 Å². The molecule has 0 radical (unpaired) electrons. The van der Waals surface area contributed by atoms with E-state index in [4.69, 9.17) is 9.47 Å². The number of hydrogen-bond donors (Lipinski definition) is 3. The predicted molar refractivity (Wildman–Crippen MR) is 115 cm³/mol. The van der Waals surface area contributed by atoms with E-state index in [2.05, 4.69) is 22.5 Å². The second-order valence-corrected chi connectivity index (χ2v) is 7.64. The lowest BCUT2D eigenvalue weighted by atomic mass is 10.1. The number of benzene rings is 1. The first-order valence-corrected chi connectivity index (χ1v) is 10.5. The summed E-state index contributed by atoms with van der Waals surface area (Å²) in [5, 5.41) is 16.1. The highest BCUT2D eigenvalue weighted by Gasteiger charge is 2.50. The van der Waals surface area contributed by atoms with Crippen molar-refractivity contribution in [1.29, 1.82) is 0 Å². The number of carbonyl (C=O) groups excluding carboxylic acids is 2. The van der Waals surface area contributed by atoms with Crippen LogP contribution in [0.4, 0.5) is 4.79 Å². The minimum Gasteiger partial charge on any atom is -0.497 e. The number of hydrogen-bond acceptors (Lipinski definition) is 6. The summed E-state index contributed by atoms with van der Waals surface area (Å²) in [6, 6.07) is 5.93. The van der Waals surface area contributed by atoms with Crippen LogP contribution in [-0.4, -0.2) is 85.0 Å². The average Bonchev–Trinajstić information content (AvgIpc) is 3.12. The number of carbonyl (C=O) groups is 2. The molecule has 2 fully saturated rings. The van der Waals surface area contributed by atoms with Gasteiger partial charge in [0.25, 0.3) is 5.91 Å².